The first kappa shape index (κ1) is 30.9. The predicted molar refractivity (Wildman–Crippen MR) is 172 cm³/mol. The monoisotopic (exact) mass is 619 g/mol. The molecule has 0 atom stereocenters. The zero-order chi connectivity index (χ0) is 30.4. The maximum Gasteiger partial charge on any atom is 0.309 e. The van der Waals surface area contributed by atoms with E-state index in [9.17, 15) is 18.0 Å². The highest BCUT2D eigenvalue weighted by molar-refractivity contribution is 7.87. The molecule has 1 saturated heterocycles. The Morgan fingerprint density at radius 1 is 0.884 bits per heavy atom. The highest BCUT2D eigenvalue weighted by Crippen LogP contribution is 2.41. The van der Waals surface area contributed by atoms with Crippen LogP contribution in [0.15, 0.2) is 66.7 Å². The molecule has 2 heterocycles. The molecule has 0 saturated carbocycles. The van der Waals surface area contributed by atoms with E-state index in [1.807, 2.05) is 31.2 Å². The van der Waals surface area contributed by atoms with Gasteiger partial charge < -0.3 is 8.92 Å². The first-order chi connectivity index (χ1) is 20.7. The van der Waals surface area contributed by atoms with E-state index >= 15 is 0 Å². The minimum atomic E-state index is -3.68. The van der Waals surface area contributed by atoms with E-state index < -0.39 is 10.1 Å². The number of hydrogen-bond acceptors (Lipinski definition) is 8. The number of ether oxygens (including phenoxy) is 1. The molecule has 1 fully saturated rings. The summed E-state index contributed by atoms with van der Waals surface area (Å²) in [6.07, 6.45) is 5.07. The average Bonchev–Trinajstić information content (AvgIpc) is 3.39. The molecule has 7 nitrogen and oxygen atoms in total. The zero-order valence-electron chi connectivity index (χ0n) is 24.6. The summed E-state index contributed by atoms with van der Waals surface area (Å²) < 4.78 is 36.6. The van der Waals surface area contributed by atoms with Crippen LogP contribution in [0.3, 0.4) is 0 Å². The van der Waals surface area contributed by atoms with E-state index in [2.05, 4.69) is 4.90 Å². The summed E-state index contributed by atoms with van der Waals surface area (Å²) in [6.45, 7) is 7.18. The van der Waals surface area contributed by atoms with Gasteiger partial charge in [-0.1, -0.05) is 31.9 Å². The van der Waals surface area contributed by atoms with Gasteiger partial charge in [-0.3, -0.25) is 14.5 Å². The van der Waals surface area contributed by atoms with Gasteiger partial charge in [-0.15, -0.1) is 11.3 Å². The number of unbranched alkanes of at least 4 members (excludes halogenated alkanes) is 1. The Balaban J connectivity index is 1.40. The molecule has 0 N–H and O–H groups in total. The molecule has 226 valence electrons. The van der Waals surface area contributed by atoms with Crippen LogP contribution in [-0.4, -0.2) is 56.9 Å². The zero-order valence-corrected chi connectivity index (χ0v) is 26.3. The van der Waals surface area contributed by atoms with E-state index in [1.54, 1.807) is 42.5 Å². The molecule has 1 aromatic heterocycles. The number of hydrogen-bond donors (Lipinski definition) is 0. The van der Waals surface area contributed by atoms with Gasteiger partial charge in [0.1, 0.15) is 18.1 Å². The number of benzene rings is 3. The lowest BCUT2D eigenvalue weighted by molar-refractivity contribution is 0.101. The summed E-state index contributed by atoms with van der Waals surface area (Å²) in [5.74, 6) is 0.717. The van der Waals surface area contributed by atoms with Gasteiger partial charge in [0.15, 0.2) is 11.6 Å². The Labute approximate surface area is 257 Å². The minimum Gasteiger partial charge on any atom is -0.492 e. The summed E-state index contributed by atoms with van der Waals surface area (Å²) in [5.41, 5.74) is 2.40. The molecule has 1 aliphatic rings. The molecule has 0 bridgehead atoms. The Morgan fingerprint density at radius 3 is 2.23 bits per heavy atom. The van der Waals surface area contributed by atoms with E-state index in [4.69, 9.17) is 8.92 Å². The van der Waals surface area contributed by atoms with Crippen LogP contribution in [0, 0.1) is 0 Å². The third-order valence-electron chi connectivity index (χ3n) is 7.65. The van der Waals surface area contributed by atoms with Crippen molar-refractivity contribution in [2.24, 2.45) is 0 Å². The second kappa shape index (κ2) is 13.8. The van der Waals surface area contributed by atoms with Crippen molar-refractivity contribution in [3.63, 3.8) is 0 Å². The van der Waals surface area contributed by atoms with Crippen LogP contribution in [0.25, 0.3) is 20.5 Å². The molecule has 4 aromatic rings. The van der Waals surface area contributed by atoms with Gasteiger partial charge >= 0.3 is 10.1 Å². The van der Waals surface area contributed by atoms with Crippen molar-refractivity contribution in [1.29, 1.82) is 0 Å². The number of fused-ring (bicyclic) bond motifs is 1. The lowest BCUT2D eigenvalue weighted by Crippen LogP contribution is -2.33. The molecule has 1 aliphatic heterocycles. The molecule has 0 unspecified atom stereocenters. The number of piperidine rings is 1. The molecule has 43 heavy (non-hydrogen) atoms. The number of ketones is 2. The summed E-state index contributed by atoms with van der Waals surface area (Å²) in [7, 11) is -3.68. The molecule has 0 amide bonds. The third kappa shape index (κ3) is 7.71. The van der Waals surface area contributed by atoms with Crippen molar-refractivity contribution in [3.8, 4) is 21.9 Å². The van der Waals surface area contributed by atoms with E-state index in [1.165, 1.54) is 37.5 Å². The maximum absolute atomic E-state index is 14.0. The van der Waals surface area contributed by atoms with Gasteiger partial charge in [0.25, 0.3) is 0 Å². The number of likely N-dealkylation sites (tertiary alicyclic amines) is 1. The van der Waals surface area contributed by atoms with Crippen molar-refractivity contribution >= 4 is 43.1 Å². The summed E-state index contributed by atoms with van der Waals surface area (Å²) in [6, 6.07) is 19.4. The third-order valence-corrected chi connectivity index (χ3v) is 10.1. The number of carbonyl (C=O) groups excluding carboxylic acids is 2. The second-order valence-corrected chi connectivity index (χ2v) is 13.6. The largest absolute Gasteiger partial charge is 0.492 e. The maximum atomic E-state index is 14.0. The van der Waals surface area contributed by atoms with Crippen LogP contribution in [0.5, 0.6) is 11.5 Å². The van der Waals surface area contributed by atoms with Gasteiger partial charge in [-0.2, -0.15) is 8.42 Å². The van der Waals surface area contributed by atoms with E-state index in [0.29, 0.717) is 29.7 Å². The van der Waals surface area contributed by atoms with Crippen LogP contribution in [0.2, 0.25) is 0 Å². The predicted octanol–water partition coefficient (Wildman–Crippen LogP) is 7.38. The van der Waals surface area contributed by atoms with Crippen molar-refractivity contribution in [2.45, 2.75) is 46.0 Å². The fourth-order valence-electron chi connectivity index (χ4n) is 5.24. The Morgan fingerprint density at radius 2 is 1.56 bits per heavy atom. The van der Waals surface area contributed by atoms with Crippen molar-refractivity contribution in [1.82, 2.24) is 4.90 Å². The van der Waals surface area contributed by atoms with Gasteiger partial charge in [-0.25, -0.2) is 0 Å². The molecule has 3 aromatic carbocycles. The van der Waals surface area contributed by atoms with Crippen molar-refractivity contribution in [2.75, 3.05) is 32.0 Å². The molecule has 0 radical (unpaired) electrons. The molecule has 9 heteroatoms. The van der Waals surface area contributed by atoms with Crippen molar-refractivity contribution in [3.05, 3.63) is 83.4 Å². The fraction of sp³-hybridized carbons (Fsp3) is 0.353. The number of carbonyl (C=O) groups is 2. The Kier molecular flexibility index (Phi) is 9.95. The van der Waals surface area contributed by atoms with Crippen molar-refractivity contribution < 1.29 is 26.9 Å². The quantitative estimate of drug-likeness (QED) is 0.114. The normalized spacial score (nSPS) is 14.1. The summed E-state index contributed by atoms with van der Waals surface area (Å²) in [4.78, 5) is 29.3. The highest BCUT2D eigenvalue weighted by atomic mass is 32.2. The molecular formula is C34H37NO6S2. The van der Waals surface area contributed by atoms with Gasteiger partial charge in [0, 0.05) is 38.2 Å². The fourth-order valence-corrected chi connectivity index (χ4v) is 7.61. The highest BCUT2D eigenvalue weighted by Gasteiger charge is 2.23. The van der Waals surface area contributed by atoms with Crippen LogP contribution < -0.4 is 8.92 Å². The minimum absolute atomic E-state index is 0.0407. The lowest BCUT2D eigenvalue weighted by atomic mass is 9.97. The van der Waals surface area contributed by atoms with E-state index in [-0.39, 0.29) is 23.1 Å². The second-order valence-electron chi connectivity index (χ2n) is 10.9. The summed E-state index contributed by atoms with van der Waals surface area (Å²) >= 11 is 1.43. The van der Waals surface area contributed by atoms with Gasteiger partial charge in [-0.05, 0) is 99.4 Å². The molecule has 5 rings (SSSR count). The number of nitrogens with zero attached hydrogens (tertiary/aromatic N) is 1. The van der Waals surface area contributed by atoms with Gasteiger partial charge in [0.05, 0.1) is 5.75 Å². The molecular weight excluding hydrogens is 583 g/mol. The van der Waals surface area contributed by atoms with Crippen LogP contribution in [-0.2, 0) is 10.1 Å². The van der Waals surface area contributed by atoms with Crippen LogP contribution in [0.1, 0.15) is 72.2 Å². The molecule has 0 spiro atoms. The molecule has 0 aliphatic carbocycles. The smallest absolute Gasteiger partial charge is 0.309 e. The Hall–Kier alpha value is -3.53. The van der Waals surface area contributed by atoms with Crippen LogP contribution in [0.4, 0.5) is 0 Å². The lowest BCUT2D eigenvalue weighted by Gasteiger charge is -2.26. The van der Waals surface area contributed by atoms with E-state index in [0.717, 1.165) is 52.3 Å². The standard InChI is InChI=1S/C34H37NO6S2/c1-3-4-22-43(38,39)41-29-15-10-26(11-16-29)34-32(30-17-12-27(24(2)36)23-31(30)42-34)33(37)25-8-13-28(14-9-25)40-21-20-35-18-6-5-7-19-35/h8-17,23H,3-7,18-22H2,1-2H3. The number of Topliss-reactive ketones (excluding diaryl/α,β-unsaturated/α-hetero) is 1. The van der Waals surface area contributed by atoms with Gasteiger partial charge in [0.2, 0.25) is 0 Å². The topological polar surface area (TPSA) is 90.0 Å². The average molecular weight is 620 g/mol. The number of rotatable bonds is 13. The first-order valence-electron chi connectivity index (χ1n) is 14.8. The number of thiophene rings is 1. The Bertz CT molecular complexity index is 1690. The van der Waals surface area contributed by atoms with Crippen LogP contribution >= 0.6 is 11.3 Å². The first-order valence-corrected chi connectivity index (χ1v) is 17.2. The summed E-state index contributed by atoms with van der Waals surface area (Å²) in [5, 5.41) is 0.763. The SMILES string of the molecule is CCCCS(=O)(=O)Oc1ccc(-c2sc3cc(C(C)=O)ccc3c2C(=O)c2ccc(OCCN3CCCCC3)cc2)cc1.